The van der Waals surface area contributed by atoms with Crippen molar-refractivity contribution >= 4 is 39.3 Å². The largest absolute Gasteiger partial charge is 0.484 e. The van der Waals surface area contributed by atoms with Crippen LogP contribution in [0.4, 0.5) is 13.2 Å². The van der Waals surface area contributed by atoms with Crippen molar-refractivity contribution in [3.63, 3.8) is 0 Å². The molecule has 0 unspecified atom stereocenters. The van der Waals surface area contributed by atoms with E-state index in [0.717, 1.165) is 18.2 Å². The zero-order chi connectivity index (χ0) is 19.3. The molecule has 0 aliphatic rings. The molecule has 2 aromatic carbocycles. The van der Waals surface area contributed by atoms with Crippen LogP contribution in [0.5, 0.6) is 5.75 Å². The predicted molar refractivity (Wildman–Crippen MR) is 91.7 cm³/mol. The average Bonchev–Trinajstić information content (AvgIpc) is 2.59. The van der Waals surface area contributed by atoms with Gasteiger partial charge < -0.3 is 4.74 Å². The number of hydrogen-bond donors (Lipinski definition) is 2. The fourth-order valence-electron chi connectivity index (χ4n) is 1.81. The standard InChI is InChI=1S/C16H11BrClF3N2O3/c17-10-4-5-13(18)12(7-10)15(25)23-22-14(24)8-26-11-3-1-2-9(6-11)16(19,20)21/h1-7H,8H2,(H,22,24)(H,23,25). The van der Waals surface area contributed by atoms with Crippen LogP contribution in [-0.2, 0) is 11.0 Å². The number of amides is 2. The molecule has 2 aromatic rings. The molecule has 2 N–H and O–H groups in total. The summed E-state index contributed by atoms with van der Waals surface area (Å²) in [6.07, 6.45) is -4.52. The lowest BCUT2D eigenvalue weighted by Gasteiger charge is -2.11. The minimum absolute atomic E-state index is 0.125. The Morgan fingerprint density at radius 2 is 1.85 bits per heavy atom. The summed E-state index contributed by atoms with van der Waals surface area (Å²) in [5, 5.41) is 0.181. The number of alkyl halides is 3. The number of hydrogen-bond acceptors (Lipinski definition) is 3. The van der Waals surface area contributed by atoms with E-state index in [1.807, 2.05) is 0 Å². The van der Waals surface area contributed by atoms with Gasteiger partial charge in [0.1, 0.15) is 5.75 Å². The minimum atomic E-state index is -4.52. The molecule has 138 valence electrons. The van der Waals surface area contributed by atoms with Gasteiger partial charge in [-0.3, -0.25) is 20.4 Å². The van der Waals surface area contributed by atoms with Gasteiger partial charge in [-0.05, 0) is 36.4 Å². The van der Waals surface area contributed by atoms with Crippen LogP contribution >= 0.6 is 27.5 Å². The molecule has 2 amide bonds. The molecule has 0 spiro atoms. The number of benzene rings is 2. The maximum absolute atomic E-state index is 12.6. The van der Waals surface area contributed by atoms with Crippen molar-refractivity contribution in [3.05, 3.63) is 63.1 Å². The number of rotatable bonds is 4. The van der Waals surface area contributed by atoms with E-state index in [4.69, 9.17) is 16.3 Å². The molecule has 0 aliphatic carbocycles. The lowest BCUT2D eigenvalue weighted by atomic mass is 10.2. The summed E-state index contributed by atoms with van der Waals surface area (Å²) >= 11 is 9.08. The second-order valence-electron chi connectivity index (χ2n) is 4.94. The van der Waals surface area contributed by atoms with Crippen LogP contribution in [0, 0.1) is 0 Å². The predicted octanol–water partition coefficient (Wildman–Crippen LogP) is 3.96. The topological polar surface area (TPSA) is 67.4 Å². The molecule has 0 heterocycles. The quantitative estimate of drug-likeness (QED) is 0.692. The first-order valence-electron chi connectivity index (χ1n) is 7.01. The molecular formula is C16H11BrClF3N2O3. The van der Waals surface area contributed by atoms with Crippen LogP contribution in [0.1, 0.15) is 15.9 Å². The Morgan fingerprint density at radius 3 is 2.54 bits per heavy atom. The monoisotopic (exact) mass is 450 g/mol. The van der Waals surface area contributed by atoms with Crippen molar-refractivity contribution in [2.24, 2.45) is 0 Å². The number of hydrazine groups is 1. The van der Waals surface area contributed by atoms with Gasteiger partial charge in [-0.2, -0.15) is 13.2 Å². The van der Waals surface area contributed by atoms with Gasteiger partial charge in [-0.15, -0.1) is 0 Å². The Bertz CT molecular complexity index is 831. The van der Waals surface area contributed by atoms with Gasteiger partial charge in [-0.1, -0.05) is 33.6 Å². The van der Waals surface area contributed by atoms with Crippen LogP contribution in [0.25, 0.3) is 0 Å². The molecular weight excluding hydrogens is 441 g/mol. The second-order valence-corrected chi connectivity index (χ2v) is 6.26. The highest BCUT2D eigenvalue weighted by Gasteiger charge is 2.30. The summed E-state index contributed by atoms with van der Waals surface area (Å²) in [5.41, 5.74) is 3.45. The molecule has 0 bridgehead atoms. The van der Waals surface area contributed by atoms with E-state index in [-0.39, 0.29) is 16.3 Å². The third-order valence-corrected chi connectivity index (χ3v) is 3.84. The molecule has 0 saturated heterocycles. The Labute approximate surface area is 159 Å². The van der Waals surface area contributed by atoms with Crippen LogP contribution in [-0.4, -0.2) is 18.4 Å². The molecule has 5 nitrogen and oxygen atoms in total. The van der Waals surface area contributed by atoms with E-state index in [0.29, 0.717) is 4.47 Å². The Hall–Kier alpha value is -2.26. The van der Waals surface area contributed by atoms with E-state index < -0.39 is 30.2 Å². The van der Waals surface area contributed by atoms with Crippen LogP contribution < -0.4 is 15.6 Å². The SMILES string of the molecule is O=C(COc1cccc(C(F)(F)F)c1)NNC(=O)c1cc(Br)ccc1Cl. The van der Waals surface area contributed by atoms with Crippen molar-refractivity contribution in [3.8, 4) is 5.75 Å². The fourth-order valence-corrected chi connectivity index (χ4v) is 2.38. The van der Waals surface area contributed by atoms with Crippen molar-refractivity contribution in [1.82, 2.24) is 10.9 Å². The average molecular weight is 452 g/mol. The Balaban J connectivity index is 1.88. The maximum Gasteiger partial charge on any atom is 0.416 e. The number of carbonyl (C=O) groups excluding carboxylic acids is 2. The van der Waals surface area contributed by atoms with E-state index in [1.54, 1.807) is 6.07 Å². The lowest BCUT2D eigenvalue weighted by Crippen LogP contribution is -2.43. The van der Waals surface area contributed by atoms with Crippen LogP contribution in [0.15, 0.2) is 46.9 Å². The summed E-state index contributed by atoms with van der Waals surface area (Å²) in [5.74, 6) is -1.55. The molecule has 0 atom stereocenters. The number of halogens is 5. The van der Waals surface area contributed by atoms with Gasteiger partial charge in [0, 0.05) is 4.47 Å². The highest BCUT2D eigenvalue weighted by atomic mass is 79.9. The first-order valence-corrected chi connectivity index (χ1v) is 8.18. The number of nitrogens with one attached hydrogen (secondary N) is 2. The highest BCUT2D eigenvalue weighted by molar-refractivity contribution is 9.10. The van der Waals surface area contributed by atoms with Crippen LogP contribution in [0.3, 0.4) is 0 Å². The number of carbonyl (C=O) groups is 2. The molecule has 0 radical (unpaired) electrons. The molecule has 0 aromatic heterocycles. The molecule has 10 heteroatoms. The molecule has 26 heavy (non-hydrogen) atoms. The normalized spacial score (nSPS) is 11.0. The van der Waals surface area contributed by atoms with Crippen LogP contribution in [0.2, 0.25) is 5.02 Å². The smallest absolute Gasteiger partial charge is 0.416 e. The molecule has 0 aliphatic heterocycles. The second kappa shape index (κ2) is 8.41. The van der Waals surface area contributed by atoms with E-state index in [9.17, 15) is 22.8 Å². The summed E-state index contributed by atoms with van der Waals surface area (Å²) in [6.45, 7) is -0.589. The summed E-state index contributed by atoms with van der Waals surface area (Å²) in [4.78, 5) is 23.6. The van der Waals surface area contributed by atoms with Crippen molar-refractivity contribution in [2.45, 2.75) is 6.18 Å². The van der Waals surface area contributed by atoms with Gasteiger partial charge in [0.05, 0.1) is 16.1 Å². The Morgan fingerprint density at radius 1 is 1.12 bits per heavy atom. The van der Waals surface area contributed by atoms with Crippen molar-refractivity contribution < 1.29 is 27.5 Å². The van der Waals surface area contributed by atoms with Gasteiger partial charge in [0.25, 0.3) is 11.8 Å². The zero-order valence-corrected chi connectivity index (χ0v) is 15.2. The zero-order valence-electron chi connectivity index (χ0n) is 12.9. The van der Waals surface area contributed by atoms with Crippen molar-refractivity contribution in [1.29, 1.82) is 0 Å². The molecule has 2 rings (SSSR count). The first-order chi connectivity index (χ1) is 12.2. The number of ether oxygens (including phenoxy) is 1. The third kappa shape index (κ3) is 5.63. The summed E-state index contributed by atoms with van der Waals surface area (Å²) in [7, 11) is 0. The van der Waals surface area contributed by atoms with Gasteiger partial charge in [0.15, 0.2) is 6.61 Å². The minimum Gasteiger partial charge on any atom is -0.484 e. The van der Waals surface area contributed by atoms with Gasteiger partial charge in [0.2, 0.25) is 0 Å². The summed E-state index contributed by atoms with van der Waals surface area (Å²) < 4.78 is 43.4. The van der Waals surface area contributed by atoms with Crippen molar-refractivity contribution in [2.75, 3.05) is 6.61 Å². The Kier molecular flexibility index (Phi) is 6.49. The van der Waals surface area contributed by atoms with Gasteiger partial charge in [-0.25, -0.2) is 0 Å². The lowest BCUT2D eigenvalue weighted by molar-refractivity contribution is -0.137. The highest BCUT2D eigenvalue weighted by Crippen LogP contribution is 2.31. The maximum atomic E-state index is 12.6. The third-order valence-electron chi connectivity index (χ3n) is 3.02. The van der Waals surface area contributed by atoms with E-state index in [1.165, 1.54) is 18.2 Å². The summed E-state index contributed by atoms with van der Waals surface area (Å²) in [6, 6.07) is 8.69. The van der Waals surface area contributed by atoms with E-state index in [2.05, 4.69) is 26.8 Å². The van der Waals surface area contributed by atoms with E-state index >= 15 is 0 Å². The van der Waals surface area contributed by atoms with Gasteiger partial charge >= 0.3 is 6.18 Å². The molecule has 0 fully saturated rings. The first kappa shape index (κ1) is 20.1. The molecule has 0 saturated carbocycles. The fraction of sp³-hybridized carbons (Fsp3) is 0.125.